The standard InChI is InChI=1S/C16H23N3O3/c1-15(2,3)16(4)13(20)19(14(21)18-16)9-10-22-12-7-5-11(17)6-8-12/h5-8H,9-10,17H2,1-4H3,(H,18,21). The van der Waals surface area contributed by atoms with Crippen LogP contribution in [0.25, 0.3) is 0 Å². The fraction of sp³-hybridized carbons (Fsp3) is 0.500. The first-order valence-corrected chi connectivity index (χ1v) is 7.27. The number of carbonyl (C=O) groups excluding carboxylic acids is 2. The summed E-state index contributed by atoms with van der Waals surface area (Å²) >= 11 is 0. The number of imide groups is 1. The molecule has 1 aliphatic rings. The zero-order chi connectivity index (χ0) is 16.5. The summed E-state index contributed by atoms with van der Waals surface area (Å²) in [5, 5.41) is 2.79. The quantitative estimate of drug-likeness (QED) is 0.658. The van der Waals surface area contributed by atoms with E-state index in [1.807, 2.05) is 20.8 Å². The number of anilines is 1. The Hall–Kier alpha value is -2.24. The fourth-order valence-electron chi connectivity index (χ4n) is 2.23. The molecule has 2 rings (SSSR count). The first-order valence-electron chi connectivity index (χ1n) is 7.27. The molecule has 6 nitrogen and oxygen atoms in total. The van der Waals surface area contributed by atoms with E-state index >= 15 is 0 Å². The summed E-state index contributed by atoms with van der Waals surface area (Å²) in [7, 11) is 0. The van der Waals surface area contributed by atoms with Gasteiger partial charge in [0.05, 0.1) is 6.54 Å². The molecule has 1 saturated heterocycles. The number of nitrogen functional groups attached to an aromatic ring is 1. The van der Waals surface area contributed by atoms with Crippen molar-refractivity contribution >= 4 is 17.6 Å². The van der Waals surface area contributed by atoms with E-state index in [-0.39, 0.29) is 30.5 Å². The van der Waals surface area contributed by atoms with Gasteiger partial charge in [-0.3, -0.25) is 9.69 Å². The van der Waals surface area contributed by atoms with Crippen LogP contribution in [0.4, 0.5) is 10.5 Å². The molecule has 0 radical (unpaired) electrons. The number of hydrogen-bond donors (Lipinski definition) is 2. The Bertz CT molecular complexity index is 577. The average Bonchev–Trinajstić information content (AvgIpc) is 2.64. The molecular formula is C16H23N3O3. The van der Waals surface area contributed by atoms with E-state index < -0.39 is 5.54 Å². The maximum atomic E-state index is 12.5. The van der Waals surface area contributed by atoms with Gasteiger partial charge in [-0.15, -0.1) is 0 Å². The Balaban J connectivity index is 1.97. The van der Waals surface area contributed by atoms with Crippen molar-refractivity contribution in [1.29, 1.82) is 0 Å². The summed E-state index contributed by atoms with van der Waals surface area (Å²) < 4.78 is 5.54. The molecule has 1 heterocycles. The van der Waals surface area contributed by atoms with Crippen molar-refractivity contribution in [2.75, 3.05) is 18.9 Å². The van der Waals surface area contributed by atoms with E-state index in [2.05, 4.69) is 5.32 Å². The van der Waals surface area contributed by atoms with Crippen molar-refractivity contribution in [3.8, 4) is 5.75 Å². The highest BCUT2D eigenvalue weighted by Crippen LogP contribution is 2.35. The lowest BCUT2D eigenvalue weighted by Crippen LogP contribution is -2.54. The Morgan fingerprint density at radius 3 is 2.32 bits per heavy atom. The van der Waals surface area contributed by atoms with Gasteiger partial charge in [0.15, 0.2) is 0 Å². The van der Waals surface area contributed by atoms with Crippen LogP contribution in [0.3, 0.4) is 0 Å². The number of amides is 3. The van der Waals surface area contributed by atoms with Gasteiger partial charge in [-0.2, -0.15) is 0 Å². The second kappa shape index (κ2) is 5.51. The summed E-state index contributed by atoms with van der Waals surface area (Å²) in [5.74, 6) is 0.436. The van der Waals surface area contributed by atoms with Crippen LogP contribution in [0.2, 0.25) is 0 Å². The van der Waals surface area contributed by atoms with Crippen molar-refractivity contribution in [3.05, 3.63) is 24.3 Å². The second-order valence-corrected chi connectivity index (χ2v) is 6.68. The van der Waals surface area contributed by atoms with Gasteiger partial charge < -0.3 is 15.8 Å². The number of carbonyl (C=O) groups is 2. The average molecular weight is 305 g/mol. The third kappa shape index (κ3) is 2.86. The predicted octanol–water partition coefficient (Wildman–Crippen LogP) is 2.00. The molecule has 120 valence electrons. The second-order valence-electron chi connectivity index (χ2n) is 6.68. The van der Waals surface area contributed by atoms with E-state index in [9.17, 15) is 9.59 Å². The van der Waals surface area contributed by atoms with E-state index in [0.29, 0.717) is 11.4 Å². The van der Waals surface area contributed by atoms with E-state index in [1.54, 1.807) is 31.2 Å². The highest BCUT2D eigenvalue weighted by Gasteiger charge is 2.54. The van der Waals surface area contributed by atoms with Crippen LogP contribution >= 0.6 is 0 Å². The molecule has 0 saturated carbocycles. The monoisotopic (exact) mass is 305 g/mol. The van der Waals surface area contributed by atoms with E-state index in [4.69, 9.17) is 10.5 Å². The van der Waals surface area contributed by atoms with E-state index in [1.165, 1.54) is 4.90 Å². The Morgan fingerprint density at radius 1 is 1.23 bits per heavy atom. The van der Waals surface area contributed by atoms with Crippen molar-refractivity contribution in [2.24, 2.45) is 5.41 Å². The number of ether oxygens (including phenoxy) is 1. The van der Waals surface area contributed by atoms with Gasteiger partial charge in [0.25, 0.3) is 5.91 Å². The number of urea groups is 1. The summed E-state index contributed by atoms with van der Waals surface area (Å²) in [6.07, 6.45) is 0. The van der Waals surface area contributed by atoms with Crippen molar-refractivity contribution < 1.29 is 14.3 Å². The minimum atomic E-state index is -0.898. The molecule has 0 aliphatic carbocycles. The van der Waals surface area contributed by atoms with E-state index in [0.717, 1.165) is 0 Å². The molecule has 1 unspecified atom stereocenters. The highest BCUT2D eigenvalue weighted by molar-refractivity contribution is 6.07. The lowest BCUT2D eigenvalue weighted by Gasteiger charge is -2.35. The number of nitrogens with two attached hydrogens (primary N) is 1. The molecule has 6 heteroatoms. The number of nitrogens with zero attached hydrogens (tertiary/aromatic N) is 1. The van der Waals surface area contributed by atoms with Crippen molar-refractivity contribution in [1.82, 2.24) is 10.2 Å². The first-order chi connectivity index (χ1) is 10.1. The molecule has 1 aliphatic heterocycles. The minimum Gasteiger partial charge on any atom is -0.492 e. The van der Waals surface area contributed by atoms with Gasteiger partial charge in [0.2, 0.25) is 0 Å². The number of nitrogens with one attached hydrogen (secondary N) is 1. The maximum Gasteiger partial charge on any atom is 0.325 e. The van der Waals surface area contributed by atoms with Crippen LogP contribution in [-0.2, 0) is 4.79 Å². The zero-order valence-corrected chi connectivity index (χ0v) is 13.5. The number of benzene rings is 1. The summed E-state index contributed by atoms with van der Waals surface area (Å²) in [6.45, 7) is 8.00. The molecule has 1 atom stereocenters. The van der Waals surface area contributed by atoms with Gasteiger partial charge in [-0.1, -0.05) is 20.8 Å². The summed E-state index contributed by atoms with van der Waals surface area (Å²) in [5.41, 5.74) is 4.99. The molecule has 22 heavy (non-hydrogen) atoms. The molecule has 1 fully saturated rings. The molecule has 0 spiro atoms. The van der Waals surface area contributed by atoms with Gasteiger partial charge in [0.1, 0.15) is 17.9 Å². The molecule has 0 aromatic heterocycles. The smallest absolute Gasteiger partial charge is 0.325 e. The molecular weight excluding hydrogens is 282 g/mol. The lowest BCUT2D eigenvalue weighted by molar-refractivity contribution is -0.134. The summed E-state index contributed by atoms with van der Waals surface area (Å²) in [4.78, 5) is 25.8. The topological polar surface area (TPSA) is 84.7 Å². The molecule has 3 amide bonds. The predicted molar refractivity (Wildman–Crippen MR) is 84.5 cm³/mol. The van der Waals surface area contributed by atoms with Crippen molar-refractivity contribution in [2.45, 2.75) is 33.2 Å². The fourth-order valence-corrected chi connectivity index (χ4v) is 2.23. The Kier molecular flexibility index (Phi) is 4.04. The first kappa shape index (κ1) is 16.1. The van der Waals surface area contributed by atoms with Crippen LogP contribution in [0, 0.1) is 5.41 Å². The maximum absolute atomic E-state index is 12.5. The molecule has 0 bridgehead atoms. The van der Waals surface area contributed by atoms with Gasteiger partial charge in [-0.05, 0) is 36.6 Å². The Labute approximate surface area is 130 Å². The molecule has 1 aromatic carbocycles. The van der Waals surface area contributed by atoms with Crippen molar-refractivity contribution in [3.63, 3.8) is 0 Å². The third-order valence-corrected chi connectivity index (χ3v) is 4.24. The van der Waals surface area contributed by atoms with Crippen LogP contribution in [0.1, 0.15) is 27.7 Å². The van der Waals surface area contributed by atoms with Crippen LogP contribution < -0.4 is 15.8 Å². The minimum absolute atomic E-state index is 0.209. The largest absolute Gasteiger partial charge is 0.492 e. The van der Waals surface area contributed by atoms with Crippen LogP contribution in [0.5, 0.6) is 5.75 Å². The Morgan fingerprint density at radius 2 is 1.82 bits per heavy atom. The van der Waals surface area contributed by atoms with Gasteiger partial charge in [-0.25, -0.2) is 4.79 Å². The van der Waals surface area contributed by atoms with Gasteiger partial charge in [0, 0.05) is 5.69 Å². The third-order valence-electron chi connectivity index (χ3n) is 4.24. The van der Waals surface area contributed by atoms with Crippen LogP contribution in [-0.4, -0.2) is 35.5 Å². The number of rotatable bonds is 4. The molecule has 1 aromatic rings. The highest BCUT2D eigenvalue weighted by atomic mass is 16.5. The van der Waals surface area contributed by atoms with Gasteiger partial charge >= 0.3 is 6.03 Å². The summed E-state index contributed by atoms with van der Waals surface area (Å²) in [6, 6.07) is 6.60. The van der Waals surface area contributed by atoms with Crippen LogP contribution in [0.15, 0.2) is 24.3 Å². The SMILES string of the molecule is CC(C)(C)C1(C)NC(=O)N(CCOc2ccc(N)cc2)C1=O. The normalized spacial score (nSPS) is 21.9. The lowest BCUT2D eigenvalue weighted by atomic mass is 9.75. The molecule has 3 N–H and O–H groups in total. The number of hydrogen-bond acceptors (Lipinski definition) is 4. The zero-order valence-electron chi connectivity index (χ0n) is 13.5.